The number of aryl methyl sites for hydroxylation is 1. The van der Waals surface area contributed by atoms with Crippen LogP contribution in [0.2, 0.25) is 0 Å². The van der Waals surface area contributed by atoms with Gasteiger partial charge in [-0.05, 0) is 65.9 Å². The molecule has 0 bridgehead atoms. The minimum Gasteiger partial charge on any atom is -0.466 e. The zero-order chi connectivity index (χ0) is 28.2. The van der Waals surface area contributed by atoms with Crippen molar-refractivity contribution in [2.24, 2.45) is 13.0 Å². The molecule has 5 rings (SSSR count). The van der Waals surface area contributed by atoms with Gasteiger partial charge >= 0.3 is 5.97 Å². The summed E-state index contributed by atoms with van der Waals surface area (Å²) in [7, 11) is 9.89. The summed E-state index contributed by atoms with van der Waals surface area (Å²) < 4.78 is 22.2. The van der Waals surface area contributed by atoms with Crippen LogP contribution in [0.4, 0.5) is 10.1 Å². The average molecular weight is 535 g/mol. The van der Waals surface area contributed by atoms with E-state index >= 15 is 4.39 Å². The molecule has 3 aromatic carbocycles. The molecule has 8 heteroatoms. The molecular weight excluding hydrogens is 504 g/mol. The maximum Gasteiger partial charge on any atom is 0.330 e. The molecule has 40 heavy (non-hydrogen) atoms. The Kier molecular flexibility index (Phi) is 8.15. The van der Waals surface area contributed by atoms with Crippen LogP contribution in [0, 0.1) is 11.7 Å². The lowest BCUT2D eigenvalue weighted by molar-refractivity contribution is -0.134. The smallest absolute Gasteiger partial charge is 0.330 e. The van der Waals surface area contributed by atoms with Gasteiger partial charge in [0.1, 0.15) is 13.7 Å². The Bertz CT molecular complexity index is 1570. The first-order valence-electron chi connectivity index (χ1n) is 13.5. The number of carbonyl (C=O) groups is 2. The number of hydrogen-bond donors (Lipinski definition) is 0. The summed E-state index contributed by atoms with van der Waals surface area (Å²) in [4.78, 5) is 27.0. The number of carbonyl (C=O) groups excluding carboxylic acids is 2. The van der Waals surface area contributed by atoms with Gasteiger partial charge in [0.15, 0.2) is 0 Å². The van der Waals surface area contributed by atoms with Crippen LogP contribution in [0.5, 0.6) is 0 Å². The molecule has 0 aliphatic heterocycles. The lowest BCUT2D eigenvalue weighted by Gasteiger charge is -2.35. The Labute approximate surface area is 234 Å². The highest BCUT2D eigenvalue weighted by atomic mass is 19.1. The Hall–Kier alpha value is -4.20. The van der Waals surface area contributed by atoms with Crippen LogP contribution in [0.25, 0.3) is 28.1 Å². The third-order valence-corrected chi connectivity index (χ3v) is 7.63. The third kappa shape index (κ3) is 5.71. The topological polar surface area (TPSA) is 64.4 Å². The van der Waals surface area contributed by atoms with Crippen LogP contribution < -0.4 is 4.90 Å². The van der Waals surface area contributed by atoms with Crippen molar-refractivity contribution in [3.63, 3.8) is 0 Å². The quantitative estimate of drug-likeness (QED) is 0.157. The van der Waals surface area contributed by atoms with Gasteiger partial charge in [0, 0.05) is 41.6 Å². The van der Waals surface area contributed by atoms with Crippen LogP contribution in [-0.2, 0) is 21.4 Å². The molecule has 0 N–H and O–H groups in total. The van der Waals surface area contributed by atoms with Crippen LogP contribution in [0.3, 0.4) is 0 Å². The highest BCUT2D eigenvalue weighted by Gasteiger charge is 2.31. The van der Waals surface area contributed by atoms with E-state index in [0.29, 0.717) is 16.8 Å². The van der Waals surface area contributed by atoms with Crippen molar-refractivity contribution in [2.75, 3.05) is 12.0 Å². The fourth-order valence-corrected chi connectivity index (χ4v) is 5.41. The van der Waals surface area contributed by atoms with Gasteiger partial charge < -0.3 is 9.64 Å². The SMILES string of the molecule is [B]C(c1ccc(-c2ccc3c(cnn3C)c2)cc1F)N(C(=O)C1CCCCC1)c1cccc(/C=C/C(=O)OC)c1. The molecule has 1 aliphatic rings. The van der Waals surface area contributed by atoms with Crippen LogP contribution in [0.1, 0.15) is 49.2 Å². The average Bonchev–Trinajstić information content (AvgIpc) is 3.36. The summed E-state index contributed by atoms with van der Waals surface area (Å²) in [5.74, 6) is -2.31. The predicted molar refractivity (Wildman–Crippen MR) is 156 cm³/mol. The number of esters is 1. The van der Waals surface area contributed by atoms with E-state index in [0.717, 1.165) is 48.6 Å². The molecule has 1 saturated carbocycles. The molecule has 1 amide bonds. The van der Waals surface area contributed by atoms with E-state index in [9.17, 15) is 9.59 Å². The van der Waals surface area contributed by atoms with Gasteiger partial charge in [-0.1, -0.05) is 49.6 Å². The van der Waals surface area contributed by atoms with Crippen molar-refractivity contribution in [2.45, 2.75) is 38.0 Å². The van der Waals surface area contributed by atoms with Crippen molar-refractivity contribution in [1.82, 2.24) is 9.78 Å². The first-order valence-corrected chi connectivity index (χ1v) is 13.5. The molecule has 6 nitrogen and oxygen atoms in total. The van der Waals surface area contributed by atoms with Crippen LogP contribution >= 0.6 is 0 Å². The van der Waals surface area contributed by atoms with E-state index < -0.39 is 17.7 Å². The maximum absolute atomic E-state index is 15.7. The highest BCUT2D eigenvalue weighted by molar-refractivity contribution is 6.18. The molecule has 0 spiro atoms. The van der Waals surface area contributed by atoms with Gasteiger partial charge in [-0.15, -0.1) is 0 Å². The lowest BCUT2D eigenvalue weighted by Crippen LogP contribution is -2.40. The normalized spacial score (nSPS) is 14.9. The second-order valence-electron chi connectivity index (χ2n) is 10.2. The summed E-state index contributed by atoms with van der Waals surface area (Å²) in [6.07, 6.45) is 9.32. The number of hydrogen-bond acceptors (Lipinski definition) is 4. The number of methoxy groups -OCH3 is 1. The molecule has 1 atom stereocenters. The molecule has 1 aromatic heterocycles. The zero-order valence-corrected chi connectivity index (χ0v) is 22.7. The lowest BCUT2D eigenvalue weighted by atomic mass is 9.82. The van der Waals surface area contributed by atoms with Gasteiger partial charge in [-0.25, -0.2) is 9.18 Å². The molecule has 202 valence electrons. The summed E-state index contributed by atoms with van der Waals surface area (Å²) in [6, 6.07) is 18.0. The van der Waals surface area contributed by atoms with Crippen molar-refractivity contribution < 1.29 is 18.7 Å². The van der Waals surface area contributed by atoms with Gasteiger partial charge in [-0.3, -0.25) is 9.48 Å². The summed E-state index contributed by atoms with van der Waals surface area (Å²) in [5, 5.41) is 5.25. The Morgan fingerprint density at radius 2 is 1.82 bits per heavy atom. The maximum atomic E-state index is 15.7. The summed E-state index contributed by atoms with van der Waals surface area (Å²) >= 11 is 0. The molecule has 4 aromatic rings. The monoisotopic (exact) mass is 535 g/mol. The number of benzene rings is 3. The third-order valence-electron chi connectivity index (χ3n) is 7.63. The first-order chi connectivity index (χ1) is 19.4. The van der Waals surface area contributed by atoms with E-state index in [2.05, 4.69) is 9.84 Å². The van der Waals surface area contributed by atoms with Crippen molar-refractivity contribution >= 4 is 42.4 Å². The van der Waals surface area contributed by atoms with Crippen LogP contribution in [0.15, 0.2) is 72.9 Å². The molecule has 1 aliphatic carbocycles. The van der Waals surface area contributed by atoms with Crippen molar-refractivity contribution in [3.8, 4) is 11.1 Å². The predicted octanol–water partition coefficient (Wildman–Crippen LogP) is 6.35. The van der Waals surface area contributed by atoms with Crippen LogP contribution in [-0.4, -0.2) is 36.6 Å². The summed E-state index contributed by atoms with van der Waals surface area (Å²) in [5.41, 5.74) is 4.02. The molecule has 2 radical (unpaired) electrons. The number of nitrogens with zero attached hydrogens (tertiary/aromatic N) is 3. The number of anilines is 1. The van der Waals surface area contributed by atoms with E-state index in [1.54, 1.807) is 41.2 Å². The molecule has 1 fully saturated rings. The Morgan fingerprint density at radius 3 is 2.58 bits per heavy atom. The second-order valence-corrected chi connectivity index (χ2v) is 10.2. The van der Waals surface area contributed by atoms with Crippen molar-refractivity contribution in [3.05, 3.63) is 89.9 Å². The number of halogens is 1. The Morgan fingerprint density at radius 1 is 1.07 bits per heavy atom. The highest BCUT2D eigenvalue weighted by Crippen LogP contribution is 2.35. The summed E-state index contributed by atoms with van der Waals surface area (Å²) in [6.45, 7) is 0. The number of aromatic nitrogens is 2. The second kappa shape index (κ2) is 11.9. The number of fused-ring (bicyclic) bond motifs is 1. The number of amides is 1. The molecule has 1 unspecified atom stereocenters. The van der Waals surface area contributed by atoms with E-state index in [1.165, 1.54) is 24.2 Å². The van der Waals surface area contributed by atoms with E-state index in [-0.39, 0.29) is 17.4 Å². The molecule has 1 heterocycles. The van der Waals surface area contributed by atoms with Gasteiger partial charge in [0.25, 0.3) is 0 Å². The fraction of sp³-hybridized carbons (Fsp3) is 0.281. The minimum atomic E-state index is -1.04. The number of rotatable bonds is 7. The van der Waals surface area contributed by atoms with Gasteiger partial charge in [0.2, 0.25) is 5.91 Å². The van der Waals surface area contributed by atoms with Gasteiger partial charge in [0.05, 0.1) is 18.8 Å². The minimum absolute atomic E-state index is 0.119. The fourth-order valence-electron chi connectivity index (χ4n) is 5.41. The standard InChI is InChI=1S/C32H31BFN3O3/c1-36-29-15-13-23(18-25(29)20-35-36)24-12-14-27(28(34)19-24)31(33)37(32(39)22-8-4-3-5-9-22)26-10-6-7-21(17-26)11-16-30(38)40-2/h6-7,10-20,22,31H,3-5,8-9H2,1-2H3/b16-11+. The largest absolute Gasteiger partial charge is 0.466 e. The molecule has 0 saturated heterocycles. The van der Waals surface area contributed by atoms with Crippen molar-refractivity contribution in [1.29, 1.82) is 0 Å². The zero-order valence-electron chi connectivity index (χ0n) is 22.7. The van der Waals surface area contributed by atoms with E-state index in [1.807, 2.05) is 37.4 Å². The number of ether oxygens (including phenoxy) is 1. The Balaban J connectivity index is 1.49. The van der Waals surface area contributed by atoms with E-state index in [4.69, 9.17) is 7.85 Å². The molecular formula is C32H31BFN3O3. The first kappa shape index (κ1) is 27.4. The van der Waals surface area contributed by atoms with Gasteiger partial charge in [-0.2, -0.15) is 5.10 Å².